The van der Waals surface area contributed by atoms with Gasteiger partial charge in [0, 0.05) is 28.1 Å². The number of aliphatic imine (C=N–C) groups is 1. The Hall–Kier alpha value is -3.97. The highest BCUT2D eigenvalue weighted by Gasteiger charge is 2.25. The third-order valence-corrected chi connectivity index (χ3v) is 6.42. The third-order valence-electron chi connectivity index (χ3n) is 6.17. The first kappa shape index (κ1) is 26.1. The number of benzene rings is 3. The van der Waals surface area contributed by atoms with Crippen LogP contribution >= 0.6 is 11.6 Å². The van der Waals surface area contributed by atoms with Crippen LogP contribution in [0.4, 0.5) is 5.69 Å². The molecule has 8 heteroatoms. The molecule has 1 aliphatic heterocycles. The molecule has 37 heavy (non-hydrogen) atoms. The van der Waals surface area contributed by atoms with E-state index in [0.717, 1.165) is 22.4 Å². The zero-order chi connectivity index (χ0) is 26.4. The predicted octanol–water partition coefficient (Wildman–Crippen LogP) is 6.30. The summed E-state index contributed by atoms with van der Waals surface area (Å²) in [4.78, 5) is 28.6. The number of fused-ring (bicyclic) bond motifs is 1. The van der Waals surface area contributed by atoms with Crippen LogP contribution in [0, 0.1) is 12.3 Å². The number of nitrogens with one attached hydrogen (secondary N) is 2. The van der Waals surface area contributed by atoms with Crippen molar-refractivity contribution in [3.8, 4) is 5.75 Å². The smallest absolute Gasteiger partial charge is 0.303 e. The molecule has 3 aromatic rings. The first-order chi connectivity index (χ1) is 17.8. The Morgan fingerprint density at radius 2 is 1.76 bits per heavy atom. The fourth-order valence-electron chi connectivity index (χ4n) is 4.18. The van der Waals surface area contributed by atoms with Gasteiger partial charge in [0.25, 0.3) is 5.91 Å². The number of aryl methyl sites for hydroxylation is 1. The monoisotopic (exact) mass is 517 g/mol. The van der Waals surface area contributed by atoms with Gasteiger partial charge >= 0.3 is 5.97 Å². The number of ether oxygens (including phenoxy) is 1. The Kier molecular flexibility index (Phi) is 8.36. The third kappa shape index (κ3) is 6.62. The first-order valence-corrected chi connectivity index (χ1v) is 12.5. The van der Waals surface area contributed by atoms with E-state index in [9.17, 15) is 9.59 Å². The minimum Gasteiger partial charge on any atom is -0.491 e. The summed E-state index contributed by atoms with van der Waals surface area (Å²) in [6.07, 6.45) is 1.54. The van der Waals surface area contributed by atoms with Gasteiger partial charge < -0.3 is 20.6 Å². The summed E-state index contributed by atoms with van der Waals surface area (Å²) < 4.78 is 5.66. The van der Waals surface area contributed by atoms with Gasteiger partial charge in [-0.15, -0.1) is 0 Å². The number of nitrogens with zero attached hydrogens (tertiary/aromatic N) is 1. The van der Waals surface area contributed by atoms with Gasteiger partial charge in [0.05, 0.1) is 23.2 Å². The molecule has 4 rings (SSSR count). The lowest BCUT2D eigenvalue weighted by molar-refractivity contribution is -0.137. The highest BCUT2D eigenvalue weighted by atomic mass is 35.5. The molecule has 3 N–H and O–H groups in total. The number of carboxylic acid groups (broad SMARTS) is 1. The van der Waals surface area contributed by atoms with E-state index in [1.54, 1.807) is 30.3 Å². The van der Waals surface area contributed by atoms with Crippen molar-refractivity contribution in [2.45, 2.75) is 38.6 Å². The number of carbonyl (C=O) groups is 2. The topological polar surface area (TPSA) is 112 Å². The molecule has 0 aromatic heterocycles. The Bertz CT molecular complexity index is 1350. The highest BCUT2D eigenvalue weighted by molar-refractivity contribution is 6.47. The largest absolute Gasteiger partial charge is 0.491 e. The van der Waals surface area contributed by atoms with Crippen LogP contribution in [0.2, 0.25) is 5.02 Å². The van der Waals surface area contributed by atoms with Gasteiger partial charge in [-0.05, 0) is 68.1 Å². The maximum atomic E-state index is 13.0. The van der Waals surface area contributed by atoms with Crippen LogP contribution in [-0.2, 0) is 4.79 Å². The summed E-state index contributed by atoms with van der Waals surface area (Å²) in [5.41, 5.74) is 4.46. The Morgan fingerprint density at radius 3 is 2.49 bits per heavy atom. The lowest BCUT2D eigenvalue weighted by Crippen LogP contribution is -2.29. The molecule has 0 unspecified atom stereocenters. The van der Waals surface area contributed by atoms with E-state index in [1.807, 2.05) is 43.3 Å². The highest BCUT2D eigenvalue weighted by Crippen LogP contribution is 2.32. The molecule has 1 aliphatic rings. The number of rotatable bonds is 10. The molecule has 0 saturated carbocycles. The standard InChI is InChI=1S/C29H28ClN3O4/c1-18-16-20(29(36)33-25-17-37-26-8-4-2-6-22(25)26)12-15-24(18)32-28(19-10-13-21(30)14-11-19)23(31)7-3-5-9-27(34)35/h2,4,6,8,10-16,25,31H,3,5,7,9,17H2,1H3,(H,33,36)(H,34,35)/b31-23?,32-28-/t25-/m1/s1. The average Bonchev–Trinajstić information content (AvgIpc) is 3.29. The molecule has 190 valence electrons. The van der Waals surface area contributed by atoms with Gasteiger partial charge in [-0.3, -0.25) is 9.59 Å². The van der Waals surface area contributed by atoms with Crippen LogP contribution < -0.4 is 10.1 Å². The Labute approximate surface area is 220 Å². The maximum Gasteiger partial charge on any atom is 0.303 e. The van der Waals surface area contributed by atoms with Crippen molar-refractivity contribution in [1.82, 2.24) is 5.32 Å². The molecule has 0 saturated heterocycles. The zero-order valence-corrected chi connectivity index (χ0v) is 21.2. The second kappa shape index (κ2) is 11.8. The zero-order valence-electron chi connectivity index (χ0n) is 20.5. The van der Waals surface area contributed by atoms with Crippen molar-refractivity contribution in [3.05, 3.63) is 94.0 Å². The second-order valence-electron chi connectivity index (χ2n) is 8.92. The second-order valence-corrected chi connectivity index (χ2v) is 9.36. The summed E-state index contributed by atoms with van der Waals surface area (Å²) in [5.74, 6) is -0.260. The van der Waals surface area contributed by atoms with E-state index in [2.05, 4.69) is 5.32 Å². The van der Waals surface area contributed by atoms with Gasteiger partial charge in [-0.1, -0.05) is 41.9 Å². The summed E-state index contributed by atoms with van der Waals surface area (Å²) in [7, 11) is 0. The average molecular weight is 518 g/mol. The lowest BCUT2D eigenvalue weighted by Gasteiger charge is -2.13. The first-order valence-electron chi connectivity index (χ1n) is 12.1. The minimum absolute atomic E-state index is 0.0713. The number of unbranched alkanes of at least 4 members (excludes halogenated alkanes) is 1. The molecule has 0 fully saturated rings. The van der Waals surface area contributed by atoms with Gasteiger partial charge in [0.15, 0.2) is 0 Å². The number of amides is 1. The number of hydrogen-bond donors (Lipinski definition) is 3. The molecule has 0 radical (unpaired) electrons. The summed E-state index contributed by atoms with van der Waals surface area (Å²) >= 11 is 6.05. The Balaban J connectivity index is 1.53. The van der Waals surface area contributed by atoms with Crippen LogP contribution in [0.5, 0.6) is 5.75 Å². The number of halogens is 1. The number of carbonyl (C=O) groups excluding carboxylic acids is 1. The molecule has 1 atom stereocenters. The van der Waals surface area contributed by atoms with Crippen molar-refractivity contribution in [1.29, 1.82) is 5.41 Å². The summed E-state index contributed by atoms with van der Waals surface area (Å²) in [6, 6.07) is 19.8. The molecule has 0 aliphatic carbocycles. The molecule has 7 nitrogen and oxygen atoms in total. The van der Waals surface area contributed by atoms with Gasteiger partial charge in [0.2, 0.25) is 0 Å². The van der Waals surface area contributed by atoms with Crippen LogP contribution in [0.15, 0.2) is 71.7 Å². The fourth-order valence-corrected chi connectivity index (χ4v) is 4.30. The maximum absolute atomic E-state index is 13.0. The van der Waals surface area contributed by atoms with Gasteiger partial charge in [-0.25, -0.2) is 4.99 Å². The van der Waals surface area contributed by atoms with E-state index >= 15 is 0 Å². The van der Waals surface area contributed by atoms with Crippen LogP contribution in [0.1, 0.15) is 58.8 Å². The van der Waals surface area contributed by atoms with Crippen LogP contribution in [0.3, 0.4) is 0 Å². The van der Waals surface area contributed by atoms with Crippen molar-refractivity contribution in [2.24, 2.45) is 4.99 Å². The van der Waals surface area contributed by atoms with Crippen molar-refractivity contribution >= 4 is 40.6 Å². The van der Waals surface area contributed by atoms with Crippen LogP contribution in [-0.4, -0.2) is 35.0 Å². The lowest BCUT2D eigenvalue weighted by atomic mass is 10.0. The van der Waals surface area contributed by atoms with Crippen molar-refractivity contribution < 1.29 is 19.4 Å². The van der Waals surface area contributed by atoms with Crippen molar-refractivity contribution in [3.63, 3.8) is 0 Å². The number of aliphatic carboxylic acids is 1. The van der Waals surface area contributed by atoms with Crippen LogP contribution in [0.25, 0.3) is 0 Å². The normalized spacial score (nSPS) is 14.5. The van der Waals surface area contributed by atoms with E-state index in [-0.39, 0.29) is 18.4 Å². The number of carboxylic acids is 1. The van der Waals surface area contributed by atoms with E-state index in [1.165, 1.54) is 0 Å². The summed E-state index contributed by atoms with van der Waals surface area (Å²) in [6.45, 7) is 2.27. The predicted molar refractivity (Wildman–Crippen MR) is 145 cm³/mol. The van der Waals surface area contributed by atoms with E-state index in [4.69, 9.17) is 31.8 Å². The minimum atomic E-state index is -0.845. The Morgan fingerprint density at radius 1 is 1.05 bits per heavy atom. The van der Waals surface area contributed by atoms with E-state index in [0.29, 0.717) is 53.6 Å². The number of para-hydroxylation sites is 1. The fraction of sp³-hybridized carbons (Fsp3) is 0.241. The van der Waals surface area contributed by atoms with Gasteiger partial charge in [-0.2, -0.15) is 0 Å². The van der Waals surface area contributed by atoms with Gasteiger partial charge in [0.1, 0.15) is 12.4 Å². The number of hydrogen-bond acceptors (Lipinski definition) is 5. The molecule has 1 amide bonds. The molecular formula is C29H28ClN3O4. The summed E-state index contributed by atoms with van der Waals surface area (Å²) in [5, 5.41) is 21.1. The molecular weight excluding hydrogens is 490 g/mol. The SMILES string of the molecule is Cc1cc(C(=O)N[C@@H]2COc3ccccc32)ccc1/N=C(\C(=N)CCCCC(=O)O)c1ccc(Cl)cc1. The molecule has 1 heterocycles. The molecule has 3 aromatic carbocycles. The van der Waals surface area contributed by atoms with E-state index < -0.39 is 5.97 Å². The molecule has 0 spiro atoms. The molecule has 0 bridgehead atoms. The van der Waals surface area contributed by atoms with Crippen molar-refractivity contribution in [2.75, 3.05) is 6.61 Å². The quantitative estimate of drug-likeness (QED) is 0.216.